The summed E-state index contributed by atoms with van der Waals surface area (Å²) in [4.78, 5) is 16.9. The standard InChI is InChI=1S/C15H19N3O2/c1-20-12-4-5-14-13(7-12)15(19)18(10-17-14)9-11-3-2-6-16-8-11/h4-5,7,10-11,16H,2-3,6,8-9H2,1H3. The van der Waals surface area contributed by atoms with Crippen LogP contribution in [0.2, 0.25) is 0 Å². The number of fused-ring (bicyclic) bond motifs is 1. The molecule has 1 atom stereocenters. The summed E-state index contributed by atoms with van der Waals surface area (Å²) in [5.41, 5.74) is 0.730. The number of methoxy groups -OCH3 is 1. The third-order valence-electron chi connectivity index (χ3n) is 3.89. The summed E-state index contributed by atoms with van der Waals surface area (Å²) in [6.07, 6.45) is 4.00. The van der Waals surface area contributed by atoms with Crippen LogP contribution in [0.5, 0.6) is 5.75 Å². The molecular formula is C15H19N3O2. The lowest BCUT2D eigenvalue weighted by molar-refractivity contribution is 0.333. The highest BCUT2D eigenvalue weighted by molar-refractivity contribution is 5.78. The number of benzene rings is 1. The van der Waals surface area contributed by atoms with Crippen molar-refractivity contribution >= 4 is 10.9 Å². The van der Waals surface area contributed by atoms with Crippen molar-refractivity contribution in [2.75, 3.05) is 20.2 Å². The Balaban J connectivity index is 1.95. The minimum Gasteiger partial charge on any atom is -0.497 e. The van der Waals surface area contributed by atoms with Gasteiger partial charge in [0.2, 0.25) is 0 Å². The van der Waals surface area contributed by atoms with E-state index in [4.69, 9.17) is 4.74 Å². The Hall–Kier alpha value is -1.88. The molecule has 1 fully saturated rings. The van der Waals surface area contributed by atoms with Crippen LogP contribution in [-0.2, 0) is 6.54 Å². The number of rotatable bonds is 3. The molecule has 2 aromatic rings. The molecule has 1 aromatic carbocycles. The molecule has 1 aliphatic rings. The van der Waals surface area contributed by atoms with Gasteiger partial charge in [-0.25, -0.2) is 4.98 Å². The average Bonchev–Trinajstić information content (AvgIpc) is 2.51. The van der Waals surface area contributed by atoms with E-state index in [2.05, 4.69) is 10.3 Å². The van der Waals surface area contributed by atoms with Gasteiger partial charge in [-0.3, -0.25) is 9.36 Å². The molecule has 0 aliphatic carbocycles. The molecular weight excluding hydrogens is 254 g/mol. The van der Waals surface area contributed by atoms with Gasteiger partial charge in [0.05, 0.1) is 24.3 Å². The van der Waals surface area contributed by atoms with Gasteiger partial charge in [0.25, 0.3) is 5.56 Å². The zero-order chi connectivity index (χ0) is 13.9. The van der Waals surface area contributed by atoms with Crippen molar-refractivity contribution in [3.63, 3.8) is 0 Å². The molecule has 106 valence electrons. The van der Waals surface area contributed by atoms with Crippen molar-refractivity contribution < 1.29 is 4.74 Å². The monoisotopic (exact) mass is 273 g/mol. The van der Waals surface area contributed by atoms with E-state index >= 15 is 0 Å². The number of nitrogens with zero attached hydrogens (tertiary/aromatic N) is 2. The molecule has 0 spiro atoms. The molecule has 1 unspecified atom stereocenters. The maximum Gasteiger partial charge on any atom is 0.261 e. The third kappa shape index (κ3) is 2.54. The van der Waals surface area contributed by atoms with Gasteiger partial charge in [0.1, 0.15) is 5.75 Å². The second kappa shape index (κ2) is 5.63. The number of hydrogen-bond acceptors (Lipinski definition) is 4. The number of ether oxygens (including phenoxy) is 1. The highest BCUT2D eigenvalue weighted by Crippen LogP contribution is 2.17. The van der Waals surface area contributed by atoms with E-state index in [0.29, 0.717) is 22.6 Å². The van der Waals surface area contributed by atoms with E-state index in [-0.39, 0.29) is 5.56 Å². The highest BCUT2D eigenvalue weighted by atomic mass is 16.5. The summed E-state index contributed by atoms with van der Waals surface area (Å²) in [5.74, 6) is 1.19. The Bertz CT molecular complexity index is 660. The second-order valence-electron chi connectivity index (χ2n) is 5.30. The Kier molecular flexibility index (Phi) is 3.69. The molecule has 1 aliphatic heterocycles. The largest absolute Gasteiger partial charge is 0.497 e. The van der Waals surface area contributed by atoms with Crippen LogP contribution in [0, 0.1) is 5.92 Å². The first kappa shape index (κ1) is 13.1. The first-order chi connectivity index (χ1) is 9.78. The topological polar surface area (TPSA) is 56.1 Å². The fourth-order valence-electron chi connectivity index (χ4n) is 2.75. The number of nitrogens with one attached hydrogen (secondary N) is 1. The van der Waals surface area contributed by atoms with Crippen LogP contribution >= 0.6 is 0 Å². The summed E-state index contributed by atoms with van der Waals surface area (Å²) in [6, 6.07) is 5.41. The molecule has 1 saturated heterocycles. The fraction of sp³-hybridized carbons (Fsp3) is 0.467. The van der Waals surface area contributed by atoms with Crippen molar-refractivity contribution in [1.29, 1.82) is 0 Å². The molecule has 0 bridgehead atoms. The predicted molar refractivity (Wildman–Crippen MR) is 78.1 cm³/mol. The Morgan fingerprint density at radius 2 is 2.40 bits per heavy atom. The Morgan fingerprint density at radius 1 is 1.50 bits per heavy atom. The molecule has 0 amide bonds. The van der Waals surface area contributed by atoms with E-state index in [1.165, 1.54) is 6.42 Å². The van der Waals surface area contributed by atoms with E-state index < -0.39 is 0 Å². The lowest BCUT2D eigenvalue weighted by atomic mass is 10.00. The van der Waals surface area contributed by atoms with E-state index in [1.807, 2.05) is 12.1 Å². The Morgan fingerprint density at radius 3 is 3.15 bits per heavy atom. The lowest BCUT2D eigenvalue weighted by Crippen LogP contribution is -2.34. The van der Waals surface area contributed by atoms with Gasteiger partial charge >= 0.3 is 0 Å². The van der Waals surface area contributed by atoms with Crippen LogP contribution in [0.25, 0.3) is 10.9 Å². The molecule has 1 N–H and O–H groups in total. The van der Waals surface area contributed by atoms with Crippen molar-refractivity contribution in [3.05, 3.63) is 34.9 Å². The van der Waals surface area contributed by atoms with E-state index in [0.717, 1.165) is 26.1 Å². The first-order valence-corrected chi connectivity index (χ1v) is 7.02. The molecule has 5 heteroatoms. The van der Waals surface area contributed by atoms with Crippen LogP contribution in [0.3, 0.4) is 0 Å². The normalized spacial score (nSPS) is 19.1. The lowest BCUT2D eigenvalue weighted by Gasteiger charge is -2.23. The summed E-state index contributed by atoms with van der Waals surface area (Å²) in [5, 5.41) is 4.00. The minimum atomic E-state index is 0.0134. The molecule has 3 rings (SSSR count). The van der Waals surface area contributed by atoms with Crippen LogP contribution in [0.4, 0.5) is 0 Å². The minimum absolute atomic E-state index is 0.0134. The predicted octanol–water partition coefficient (Wildman–Crippen LogP) is 1.40. The van der Waals surface area contributed by atoms with Gasteiger partial charge < -0.3 is 10.1 Å². The summed E-state index contributed by atoms with van der Waals surface area (Å²) in [7, 11) is 1.60. The first-order valence-electron chi connectivity index (χ1n) is 7.02. The molecule has 5 nitrogen and oxygen atoms in total. The van der Waals surface area contributed by atoms with Crippen LogP contribution in [0.1, 0.15) is 12.8 Å². The second-order valence-corrected chi connectivity index (χ2v) is 5.30. The number of hydrogen-bond donors (Lipinski definition) is 1. The van der Waals surface area contributed by atoms with Gasteiger partial charge in [-0.1, -0.05) is 0 Å². The maximum absolute atomic E-state index is 12.5. The average molecular weight is 273 g/mol. The summed E-state index contributed by atoms with van der Waals surface area (Å²) in [6.45, 7) is 2.78. The SMILES string of the molecule is COc1ccc2ncn(CC3CCCNC3)c(=O)c2c1. The molecule has 2 heterocycles. The molecule has 0 radical (unpaired) electrons. The van der Waals surface area contributed by atoms with E-state index in [9.17, 15) is 4.79 Å². The van der Waals surface area contributed by atoms with Crippen molar-refractivity contribution in [2.24, 2.45) is 5.92 Å². The zero-order valence-electron chi connectivity index (χ0n) is 11.6. The quantitative estimate of drug-likeness (QED) is 0.918. The van der Waals surface area contributed by atoms with Gasteiger partial charge in [0.15, 0.2) is 0 Å². The van der Waals surface area contributed by atoms with E-state index in [1.54, 1.807) is 24.1 Å². The Labute approximate surface area is 117 Å². The number of aromatic nitrogens is 2. The van der Waals surface area contributed by atoms with Gasteiger partial charge in [-0.05, 0) is 50.0 Å². The van der Waals surface area contributed by atoms with Gasteiger partial charge in [0, 0.05) is 6.54 Å². The van der Waals surface area contributed by atoms with Crippen molar-refractivity contribution in [3.8, 4) is 5.75 Å². The van der Waals surface area contributed by atoms with Crippen molar-refractivity contribution in [1.82, 2.24) is 14.9 Å². The fourth-order valence-corrected chi connectivity index (χ4v) is 2.75. The van der Waals surface area contributed by atoms with Gasteiger partial charge in [-0.15, -0.1) is 0 Å². The molecule has 1 aromatic heterocycles. The van der Waals surface area contributed by atoms with Crippen LogP contribution in [-0.4, -0.2) is 29.8 Å². The highest BCUT2D eigenvalue weighted by Gasteiger charge is 2.15. The third-order valence-corrected chi connectivity index (χ3v) is 3.89. The summed E-state index contributed by atoms with van der Waals surface area (Å²) < 4.78 is 6.90. The summed E-state index contributed by atoms with van der Waals surface area (Å²) >= 11 is 0. The van der Waals surface area contributed by atoms with Crippen LogP contribution < -0.4 is 15.6 Å². The van der Waals surface area contributed by atoms with Crippen LogP contribution in [0.15, 0.2) is 29.3 Å². The van der Waals surface area contributed by atoms with Crippen molar-refractivity contribution in [2.45, 2.75) is 19.4 Å². The molecule has 0 saturated carbocycles. The molecule has 20 heavy (non-hydrogen) atoms. The smallest absolute Gasteiger partial charge is 0.261 e. The number of piperidine rings is 1. The maximum atomic E-state index is 12.5. The van der Waals surface area contributed by atoms with Gasteiger partial charge in [-0.2, -0.15) is 0 Å². The zero-order valence-corrected chi connectivity index (χ0v) is 11.6.